The van der Waals surface area contributed by atoms with E-state index in [9.17, 15) is 4.79 Å². The van der Waals surface area contributed by atoms with E-state index < -0.39 is 0 Å². The molecule has 0 atom stereocenters. The molecule has 60 valence electrons. The number of rotatable bonds is 4. The molecule has 0 aromatic carbocycles. The van der Waals surface area contributed by atoms with Crippen LogP contribution in [-0.2, 0) is 4.79 Å². The second kappa shape index (κ2) is 5.59. The predicted molar refractivity (Wildman–Crippen MR) is 46.3 cm³/mol. The third kappa shape index (κ3) is 5.95. The summed E-state index contributed by atoms with van der Waals surface area (Å²) in [7, 11) is 0. The first-order valence-electron chi connectivity index (χ1n) is 3.54. The summed E-state index contributed by atoms with van der Waals surface area (Å²) in [5.74, 6) is 0.960. The minimum atomic E-state index is 0.0176. The van der Waals surface area contributed by atoms with Gasteiger partial charge in [-0.1, -0.05) is 13.8 Å². The fourth-order valence-corrected chi connectivity index (χ4v) is 0.668. The van der Waals surface area contributed by atoms with Crippen molar-refractivity contribution in [1.29, 1.82) is 0 Å². The highest BCUT2D eigenvalue weighted by atomic mass is 32.1. The summed E-state index contributed by atoms with van der Waals surface area (Å²) in [4.78, 5) is 10.6. The molecule has 0 aliphatic carbocycles. The van der Waals surface area contributed by atoms with Crippen LogP contribution in [0.5, 0.6) is 0 Å². The highest BCUT2D eigenvalue weighted by Gasteiger charge is 1.96. The average Bonchev–Trinajstić information content (AvgIpc) is 1.87. The number of carbonyl (C=O) groups excluding carboxylic acids is 1. The van der Waals surface area contributed by atoms with E-state index in [1.807, 2.05) is 0 Å². The zero-order valence-electron chi connectivity index (χ0n) is 6.55. The van der Waals surface area contributed by atoms with E-state index in [0.717, 1.165) is 13.0 Å². The first-order chi connectivity index (χ1) is 4.66. The SMILES string of the molecule is CC(C)CCNC(=O)CS. The van der Waals surface area contributed by atoms with Crippen LogP contribution >= 0.6 is 12.6 Å². The lowest BCUT2D eigenvalue weighted by atomic mass is 10.1. The zero-order valence-corrected chi connectivity index (χ0v) is 7.45. The van der Waals surface area contributed by atoms with Gasteiger partial charge in [-0.3, -0.25) is 4.79 Å². The van der Waals surface area contributed by atoms with Gasteiger partial charge in [-0.05, 0) is 12.3 Å². The number of amides is 1. The number of thiol groups is 1. The van der Waals surface area contributed by atoms with Crippen LogP contribution in [0.15, 0.2) is 0 Å². The van der Waals surface area contributed by atoms with Crippen LogP contribution < -0.4 is 5.32 Å². The van der Waals surface area contributed by atoms with Crippen LogP contribution in [0.3, 0.4) is 0 Å². The van der Waals surface area contributed by atoms with Gasteiger partial charge in [0.05, 0.1) is 5.75 Å². The summed E-state index contributed by atoms with van der Waals surface area (Å²) in [6, 6.07) is 0. The van der Waals surface area contributed by atoms with Crippen molar-refractivity contribution in [2.24, 2.45) is 5.92 Å². The summed E-state index contributed by atoms with van der Waals surface area (Å²) < 4.78 is 0. The van der Waals surface area contributed by atoms with Crippen molar-refractivity contribution < 1.29 is 4.79 Å². The van der Waals surface area contributed by atoms with Gasteiger partial charge < -0.3 is 5.32 Å². The average molecular weight is 161 g/mol. The minimum Gasteiger partial charge on any atom is -0.355 e. The molecule has 0 saturated heterocycles. The van der Waals surface area contributed by atoms with Crippen molar-refractivity contribution in [3.63, 3.8) is 0 Å². The molecule has 10 heavy (non-hydrogen) atoms. The van der Waals surface area contributed by atoms with Crippen molar-refractivity contribution in [1.82, 2.24) is 5.32 Å². The van der Waals surface area contributed by atoms with E-state index in [-0.39, 0.29) is 11.7 Å². The summed E-state index contributed by atoms with van der Waals surface area (Å²) in [5.41, 5.74) is 0. The third-order valence-electron chi connectivity index (χ3n) is 1.19. The lowest BCUT2D eigenvalue weighted by Crippen LogP contribution is -2.26. The van der Waals surface area contributed by atoms with E-state index in [1.54, 1.807) is 0 Å². The van der Waals surface area contributed by atoms with Crippen molar-refractivity contribution in [3.8, 4) is 0 Å². The standard InChI is InChI=1S/C7H15NOS/c1-6(2)3-4-8-7(9)5-10/h6,10H,3-5H2,1-2H3,(H,8,9). The maximum absolute atomic E-state index is 10.6. The molecule has 0 aliphatic rings. The van der Waals surface area contributed by atoms with Crippen molar-refractivity contribution in [3.05, 3.63) is 0 Å². The number of hydrogen-bond acceptors (Lipinski definition) is 2. The molecule has 0 unspecified atom stereocenters. The van der Waals surface area contributed by atoms with E-state index >= 15 is 0 Å². The number of carbonyl (C=O) groups is 1. The smallest absolute Gasteiger partial charge is 0.229 e. The molecule has 0 saturated carbocycles. The Morgan fingerprint density at radius 1 is 1.60 bits per heavy atom. The van der Waals surface area contributed by atoms with Gasteiger partial charge in [0.1, 0.15) is 0 Å². The van der Waals surface area contributed by atoms with E-state index in [4.69, 9.17) is 0 Å². The molecular weight excluding hydrogens is 146 g/mol. The monoisotopic (exact) mass is 161 g/mol. The van der Waals surface area contributed by atoms with Crippen LogP contribution in [0.4, 0.5) is 0 Å². The first-order valence-corrected chi connectivity index (χ1v) is 4.17. The number of hydrogen-bond donors (Lipinski definition) is 2. The largest absolute Gasteiger partial charge is 0.355 e. The molecule has 0 rings (SSSR count). The Morgan fingerprint density at radius 2 is 2.20 bits per heavy atom. The van der Waals surface area contributed by atoms with Crippen molar-refractivity contribution in [2.45, 2.75) is 20.3 Å². The molecule has 0 spiro atoms. The summed E-state index contributed by atoms with van der Waals surface area (Å²) in [6.45, 7) is 5.04. The molecule has 0 fully saturated rings. The molecule has 0 aromatic rings. The first kappa shape index (κ1) is 9.82. The van der Waals surface area contributed by atoms with Crippen molar-refractivity contribution >= 4 is 18.5 Å². The second-order valence-corrected chi connectivity index (χ2v) is 3.01. The van der Waals surface area contributed by atoms with Gasteiger partial charge in [-0.15, -0.1) is 0 Å². The third-order valence-corrected chi connectivity index (χ3v) is 1.47. The predicted octanol–water partition coefficient (Wildman–Crippen LogP) is 1.08. The molecule has 3 heteroatoms. The fraction of sp³-hybridized carbons (Fsp3) is 0.857. The van der Waals surface area contributed by atoms with Crippen LogP contribution in [0.25, 0.3) is 0 Å². The van der Waals surface area contributed by atoms with Crippen molar-refractivity contribution in [2.75, 3.05) is 12.3 Å². The molecule has 0 radical (unpaired) electrons. The van der Waals surface area contributed by atoms with E-state index in [0.29, 0.717) is 5.92 Å². The van der Waals surface area contributed by atoms with E-state index in [1.165, 1.54) is 0 Å². The maximum Gasteiger partial charge on any atom is 0.229 e. The number of nitrogens with one attached hydrogen (secondary N) is 1. The van der Waals surface area contributed by atoms with Crippen LogP contribution in [0.1, 0.15) is 20.3 Å². The summed E-state index contributed by atoms with van der Waals surface area (Å²) >= 11 is 3.83. The van der Waals surface area contributed by atoms with Gasteiger partial charge in [0, 0.05) is 6.54 Å². The van der Waals surface area contributed by atoms with Crippen LogP contribution in [0.2, 0.25) is 0 Å². The zero-order chi connectivity index (χ0) is 7.98. The Morgan fingerprint density at radius 3 is 2.60 bits per heavy atom. The highest BCUT2D eigenvalue weighted by Crippen LogP contribution is 1.95. The van der Waals surface area contributed by atoms with Gasteiger partial charge in [0.25, 0.3) is 0 Å². The Labute approximate surface area is 67.8 Å². The molecule has 2 nitrogen and oxygen atoms in total. The normalized spacial score (nSPS) is 10.0. The molecule has 1 amide bonds. The van der Waals surface area contributed by atoms with Gasteiger partial charge in [0.2, 0.25) is 5.91 Å². The van der Waals surface area contributed by atoms with Crippen LogP contribution in [0, 0.1) is 5.92 Å². The summed E-state index contributed by atoms with van der Waals surface area (Å²) in [6.07, 6.45) is 1.04. The Balaban J connectivity index is 3.12. The Hall–Kier alpha value is -0.180. The van der Waals surface area contributed by atoms with Gasteiger partial charge in [-0.25, -0.2) is 0 Å². The molecule has 0 bridgehead atoms. The highest BCUT2D eigenvalue weighted by molar-refractivity contribution is 7.81. The molecule has 1 N–H and O–H groups in total. The van der Waals surface area contributed by atoms with Crippen LogP contribution in [-0.4, -0.2) is 18.2 Å². The maximum atomic E-state index is 10.6. The lowest BCUT2D eigenvalue weighted by molar-refractivity contribution is -0.118. The van der Waals surface area contributed by atoms with E-state index in [2.05, 4.69) is 31.8 Å². The molecule has 0 aromatic heterocycles. The molecule has 0 heterocycles. The Kier molecular flexibility index (Phi) is 5.49. The fourth-order valence-electron chi connectivity index (χ4n) is 0.556. The molecular formula is C7H15NOS. The quantitative estimate of drug-likeness (QED) is 0.594. The lowest BCUT2D eigenvalue weighted by Gasteiger charge is -2.04. The Bertz CT molecular complexity index is 104. The van der Waals surface area contributed by atoms with Gasteiger partial charge in [-0.2, -0.15) is 12.6 Å². The molecule has 0 aliphatic heterocycles. The minimum absolute atomic E-state index is 0.0176. The topological polar surface area (TPSA) is 29.1 Å². The summed E-state index contributed by atoms with van der Waals surface area (Å²) in [5, 5.41) is 2.75. The van der Waals surface area contributed by atoms with Gasteiger partial charge >= 0.3 is 0 Å². The second-order valence-electron chi connectivity index (χ2n) is 2.69. The van der Waals surface area contributed by atoms with Gasteiger partial charge in [0.15, 0.2) is 0 Å².